The lowest BCUT2D eigenvalue weighted by Gasteiger charge is -2.11. The number of alkyl halides is 3. The fraction of sp³-hybridized carbons (Fsp3) is 0.167. The highest BCUT2D eigenvalue weighted by Gasteiger charge is 2.40. The molecule has 0 aromatic heterocycles. The summed E-state index contributed by atoms with van der Waals surface area (Å²) >= 11 is 0. The maximum atomic E-state index is 12.8. The molecular formula is C12H11F3N2O2. The van der Waals surface area contributed by atoms with Gasteiger partial charge in [0.15, 0.2) is 5.71 Å². The first kappa shape index (κ1) is 14.7. The Kier molecular flexibility index (Phi) is 4.31. The van der Waals surface area contributed by atoms with Crippen molar-refractivity contribution in [2.45, 2.75) is 13.1 Å². The number of aliphatic carboxylic acids is 1. The summed E-state index contributed by atoms with van der Waals surface area (Å²) in [6, 6.07) is 6.07. The zero-order valence-corrected chi connectivity index (χ0v) is 9.90. The summed E-state index contributed by atoms with van der Waals surface area (Å²) in [6.07, 6.45) is -4.53. The van der Waals surface area contributed by atoms with Crippen molar-refractivity contribution in [1.82, 2.24) is 0 Å². The fourth-order valence-corrected chi connectivity index (χ4v) is 1.34. The molecule has 4 nitrogen and oxygen atoms in total. The van der Waals surface area contributed by atoms with Gasteiger partial charge in [-0.05, 0) is 18.6 Å². The van der Waals surface area contributed by atoms with Gasteiger partial charge in [0, 0.05) is 6.20 Å². The number of carboxylic acid groups (broad SMARTS) is 1. The molecule has 0 atom stereocenters. The van der Waals surface area contributed by atoms with Crippen molar-refractivity contribution in [3.05, 3.63) is 41.6 Å². The normalized spacial score (nSPS) is 13.5. The van der Waals surface area contributed by atoms with Crippen molar-refractivity contribution in [1.29, 1.82) is 0 Å². The lowest BCUT2D eigenvalue weighted by atomic mass is 10.1. The van der Waals surface area contributed by atoms with Gasteiger partial charge in [0.2, 0.25) is 0 Å². The molecule has 1 aromatic carbocycles. The third-order valence-electron chi connectivity index (χ3n) is 2.27. The number of halogens is 3. The van der Waals surface area contributed by atoms with Crippen LogP contribution < -0.4 is 5.73 Å². The quantitative estimate of drug-likeness (QED) is 0.655. The highest BCUT2D eigenvalue weighted by Crippen LogP contribution is 2.27. The van der Waals surface area contributed by atoms with Crippen LogP contribution in [-0.4, -0.2) is 23.0 Å². The lowest BCUT2D eigenvalue weighted by Crippen LogP contribution is -2.29. The van der Waals surface area contributed by atoms with Gasteiger partial charge in [0.1, 0.15) is 5.57 Å². The minimum atomic E-state index is -4.91. The van der Waals surface area contributed by atoms with Crippen molar-refractivity contribution >= 4 is 17.4 Å². The van der Waals surface area contributed by atoms with Crippen molar-refractivity contribution in [3.63, 3.8) is 0 Å². The van der Waals surface area contributed by atoms with E-state index in [2.05, 4.69) is 4.99 Å². The number of para-hydroxylation sites is 1. The van der Waals surface area contributed by atoms with Crippen LogP contribution in [0.25, 0.3) is 0 Å². The molecule has 0 amide bonds. The summed E-state index contributed by atoms with van der Waals surface area (Å²) in [6.45, 7) is 1.57. The molecule has 0 saturated heterocycles. The van der Waals surface area contributed by atoms with Gasteiger partial charge in [-0.25, -0.2) is 9.79 Å². The van der Waals surface area contributed by atoms with Gasteiger partial charge in [-0.2, -0.15) is 13.2 Å². The second kappa shape index (κ2) is 5.55. The van der Waals surface area contributed by atoms with E-state index in [1.165, 1.54) is 12.1 Å². The molecule has 1 aromatic rings. The number of hydrogen-bond acceptors (Lipinski definition) is 3. The van der Waals surface area contributed by atoms with Crippen LogP contribution in [-0.2, 0) is 4.79 Å². The van der Waals surface area contributed by atoms with Gasteiger partial charge in [0.25, 0.3) is 0 Å². The van der Waals surface area contributed by atoms with Crippen molar-refractivity contribution in [2.75, 3.05) is 0 Å². The first-order valence-electron chi connectivity index (χ1n) is 5.14. The number of aryl methyl sites for hydroxylation is 1. The van der Waals surface area contributed by atoms with Gasteiger partial charge in [-0.1, -0.05) is 18.2 Å². The minimum absolute atomic E-state index is 0.0374. The van der Waals surface area contributed by atoms with Crippen LogP contribution in [0.2, 0.25) is 0 Å². The number of benzene rings is 1. The number of hydrogen-bond donors (Lipinski definition) is 2. The number of aliphatic imine (C=N–C) groups is 1. The van der Waals surface area contributed by atoms with Crippen LogP contribution >= 0.6 is 0 Å². The summed E-state index contributed by atoms with van der Waals surface area (Å²) in [5.41, 5.74) is 2.85. The maximum Gasteiger partial charge on any atom is 0.434 e. The van der Waals surface area contributed by atoms with E-state index in [0.717, 1.165) is 0 Å². The second-order valence-electron chi connectivity index (χ2n) is 3.63. The van der Waals surface area contributed by atoms with Gasteiger partial charge >= 0.3 is 12.1 Å². The second-order valence-corrected chi connectivity index (χ2v) is 3.63. The molecule has 0 aliphatic rings. The summed E-state index contributed by atoms with van der Waals surface area (Å²) in [7, 11) is 0. The molecule has 102 valence electrons. The highest BCUT2D eigenvalue weighted by atomic mass is 19.4. The van der Waals surface area contributed by atoms with E-state index in [-0.39, 0.29) is 5.69 Å². The van der Waals surface area contributed by atoms with Crippen LogP contribution in [0.3, 0.4) is 0 Å². The molecule has 0 aliphatic heterocycles. The zero-order chi connectivity index (χ0) is 14.6. The van der Waals surface area contributed by atoms with Crippen molar-refractivity contribution in [3.8, 4) is 0 Å². The van der Waals surface area contributed by atoms with Crippen LogP contribution in [0, 0.1) is 6.92 Å². The Morgan fingerprint density at radius 3 is 2.37 bits per heavy atom. The van der Waals surface area contributed by atoms with Gasteiger partial charge in [-0.15, -0.1) is 0 Å². The molecule has 7 heteroatoms. The average Bonchev–Trinajstić information content (AvgIpc) is 2.29. The van der Waals surface area contributed by atoms with E-state index in [1.54, 1.807) is 19.1 Å². The minimum Gasteiger partial charge on any atom is -0.478 e. The Morgan fingerprint density at radius 1 is 1.37 bits per heavy atom. The SMILES string of the molecule is Cc1ccccc1N=C(C(=CN)C(=O)O)C(F)(F)F. The fourth-order valence-electron chi connectivity index (χ4n) is 1.34. The summed E-state index contributed by atoms with van der Waals surface area (Å²) < 4.78 is 38.5. The van der Waals surface area contributed by atoms with Crippen molar-refractivity contribution in [2.24, 2.45) is 10.7 Å². The van der Waals surface area contributed by atoms with E-state index in [0.29, 0.717) is 11.8 Å². The number of nitrogens with two attached hydrogens (primary N) is 1. The molecule has 0 saturated carbocycles. The number of carboxylic acids is 1. The third-order valence-corrected chi connectivity index (χ3v) is 2.27. The average molecular weight is 272 g/mol. The molecule has 0 fully saturated rings. The van der Waals surface area contributed by atoms with Crippen molar-refractivity contribution < 1.29 is 23.1 Å². The van der Waals surface area contributed by atoms with Crippen LogP contribution in [0.1, 0.15) is 5.56 Å². The Bertz CT molecular complexity index is 548. The summed E-state index contributed by atoms with van der Waals surface area (Å²) in [5, 5.41) is 8.73. The standard InChI is InChI=1S/C12H11F3N2O2/c1-7-4-2-3-5-9(7)17-10(12(13,14)15)8(6-16)11(18)19/h2-6H,16H2,1H3,(H,18,19). The van der Waals surface area contributed by atoms with Crippen LogP contribution in [0.4, 0.5) is 18.9 Å². The monoisotopic (exact) mass is 272 g/mol. The molecule has 19 heavy (non-hydrogen) atoms. The molecule has 0 radical (unpaired) electrons. The van der Waals surface area contributed by atoms with Gasteiger partial charge < -0.3 is 10.8 Å². The van der Waals surface area contributed by atoms with E-state index in [1.807, 2.05) is 0 Å². The first-order chi connectivity index (χ1) is 8.77. The predicted octanol–water partition coefficient (Wildman–Crippen LogP) is 2.56. The third kappa shape index (κ3) is 3.57. The van der Waals surface area contributed by atoms with Crippen LogP contribution in [0.15, 0.2) is 41.0 Å². The van der Waals surface area contributed by atoms with Crippen LogP contribution in [0.5, 0.6) is 0 Å². The van der Waals surface area contributed by atoms with E-state index >= 15 is 0 Å². The summed E-state index contributed by atoms with van der Waals surface area (Å²) in [5.74, 6) is -1.79. The molecule has 0 unspecified atom stereocenters. The molecule has 3 N–H and O–H groups in total. The Morgan fingerprint density at radius 2 is 1.95 bits per heavy atom. The highest BCUT2D eigenvalue weighted by molar-refractivity contribution is 6.22. The van der Waals surface area contributed by atoms with Gasteiger partial charge in [-0.3, -0.25) is 0 Å². The number of nitrogens with zero attached hydrogens (tertiary/aromatic N) is 1. The molecule has 0 bridgehead atoms. The zero-order valence-electron chi connectivity index (χ0n) is 9.90. The Labute approximate surface area is 107 Å². The predicted molar refractivity (Wildman–Crippen MR) is 64.2 cm³/mol. The molecule has 1 rings (SSSR count). The van der Waals surface area contributed by atoms with Gasteiger partial charge in [0.05, 0.1) is 5.69 Å². The topological polar surface area (TPSA) is 75.7 Å². The van der Waals surface area contributed by atoms with E-state index in [9.17, 15) is 18.0 Å². The molecule has 0 aliphatic carbocycles. The molecule has 0 spiro atoms. The molecule has 0 heterocycles. The number of rotatable bonds is 3. The maximum absolute atomic E-state index is 12.8. The lowest BCUT2D eigenvalue weighted by molar-refractivity contribution is -0.132. The van der Waals surface area contributed by atoms with E-state index < -0.39 is 23.4 Å². The smallest absolute Gasteiger partial charge is 0.434 e. The largest absolute Gasteiger partial charge is 0.478 e. The summed E-state index contributed by atoms with van der Waals surface area (Å²) in [4.78, 5) is 14.1. The Balaban J connectivity index is 3.43. The first-order valence-corrected chi connectivity index (χ1v) is 5.14. The van der Waals surface area contributed by atoms with E-state index in [4.69, 9.17) is 10.8 Å². The number of carbonyl (C=O) groups is 1. The molecular weight excluding hydrogens is 261 g/mol. The Hall–Kier alpha value is -2.31.